The van der Waals surface area contributed by atoms with Crippen molar-refractivity contribution in [1.82, 2.24) is 4.98 Å². The lowest BCUT2D eigenvalue weighted by Gasteiger charge is -2.10. The summed E-state index contributed by atoms with van der Waals surface area (Å²) >= 11 is 6.34. The fourth-order valence-electron chi connectivity index (χ4n) is 0.728. The Morgan fingerprint density at radius 3 is 2.71 bits per heavy atom. The zero-order valence-electron chi connectivity index (χ0n) is 7.20. The van der Waals surface area contributed by atoms with Crippen molar-refractivity contribution in [2.24, 2.45) is 0 Å². The lowest BCUT2D eigenvalue weighted by Crippen LogP contribution is -2.23. The third-order valence-electron chi connectivity index (χ3n) is 1.43. The molecule has 0 spiro atoms. The van der Waals surface area contributed by atoms with Crippen molar-refractivity contribution in [3.63, 3.8) is 0 Å². The van der Waals surface area contributed by atoms with Crippen molar-refractivity contribution in [1.29, 1.82) is 0 Å². The largest absolute Gasteiger partial charge is 0.479 e. The Balaban J connectivity index is 2.82. The van der Waals surface area contributed by atoms with Gasteiger partial charge in [-0.15, -0.1) is 0 Å². The van der Waals surface area contributed by atoms with E-state index in [1.807, 2.05) is 0 Å². The third kappa shape index (κ3) is 2.95. The lowest BCUT2D eigenvalue weighted by molar-refractivity contribution is -0.144. The Morgan fingerprint density at radius 2 is 2.21 bits per heavy atom. The molecule has 0 aliphatic carbocycles. The van der Waals surface area contributed by atoms with Gasteiger partial charge in [-0.3, -0.25) is 0 Å². The van der Waals surface area contributed by atoms with Crippen molar-refractivity contribution in [3.05, 3.63) is 21.3 Å². The van der Waals surface area contributed by atoms with E-state index in [4.69, 9.17) is 9.84 Å². The van der Waals surface area contributed by atoms with Crippen LogP contribution in [0.2, 0.25) is 0 Å². The highest BCUT2D eigenvalue weighted by Gasteiger charge is 2.14. The molecule has 0 fully saturated rings. The van der Waals surface area contributed by atoms with Crippen molar-refractivity contribution >= 4 is 37.8 Å². The standard InChI is InChI=1S/C8H7Br2NO3/c1-4(8(12)13)14-5-2-3-6(9)11-7(5)10/h2-4H,1H3,(H,12,13). The minimum atomic E-state index is -1.01. The number of hydrogen-bond acceptors (Lipinski definition) is 3. The van der Waals surface area contributed by atoms with E-state index in [9.17, 15) is 4.79 Å². The van der Waals surface area contributed by atoms with E-state index >= 15 is 0 Å². The molecule has 0 aliphatic rings. The number of pyridine rings is 1. The first-order valence-corrected chi connectivity index (χ1v) is 5.31. The number of carbonyl (C=O) groups is 1. The van der Waals surface area contributed by atoms with Gasteiger partial charge in [-0.05, 0) is 50.9 Å². The van der Waals surface area contributed by atoms with Crippen LogP contribution < -0.4 is 4.74 Å². The first-order chi connectivity index (χ1) is 6.50. The summed E-state index contributed by atoms with van der Waals surface area (Å²) in [5.41, 5.74) is 0. The molecule has 4 nitrogen and oxygen atoms in total. The van der Waals surface area contributed by atoms with Gasteiger partial charge in [0, 0.05) is 0 Å². The van der Waals surface area contributed by atoms with Crippen LogP contribution in [0.3, 0.4) is 0 Å². The van der Waals surface area contributed by atoms with E-state index in [0.717, 1.165) is 0 Å². The van der Waals surface area contributed by atoms with E-state index in [1.165, 1.54) is 6.92 Å². The molecule has 0 aliphatic heterocycles. The van der Waals surface area contributed by atoms with Gasteiger partial charge < -0.3 is 9.84 Å². The topological polar surface area (TPSA) is 59.4 Å². The predicted octanol–water partition coefficient (Wildman–Crippen LogP) is 2.46. The first kappa shape index (κ1) is 11.5. The average Bonchev–Trinajstić information content (AvgIpc) is 2.09. The fraction of sp³-hybridized carbons (Fsp3) is 0.250. The number of carboxylic acid groups (broad SMARTS) is 1. The number of aliphatic carboxylic acids is 1. The van der Waals surface area contributed by atoms with Crippen LogP contribution in [0.4, 0.5) is 0 Å². The summed E-state index contributed by atoms with van der Waals surface area (Å²) < 4.78 is 6.26. The van der Waals surface area contributed by atoms with E-state index in [-0.39, 0.29) is 0 Å². The predicted molar refractivity (Wildman–Crippen MR) is 57.4 cm³/mol. The number of aromatic nitrogens is 1. The summed E-state index contributed by atoms with van der Waals surface area (Å²) in [6.07, 6.45) is -0.894. The van der Waals surface area contributed by atoms with Crippen LogP contribution in [-0.4, -0.2) is 22.2 Å². The highest BCUT2D eigenvalue weighted by molar-refractivity contribution is 9.11. The van der Waals surface area contributed by atoms with Gasteiger partial charge in [-0.1, -0.05) is 0 Å². The molecular weight excluding hydrogens is 318 g/mol. The summed E-state index contributed by atoms with van der Waals surface area (Å²) in [7, 11) is 0. The second-order valence-electron chi connectivity index (χ2n) is 2.52. The molecule has 1 N–H and O–H groups in total. The normalized spacial score (nSPS) is 12.2. The lowest BCUT2D eigenvalue weighted by atomic mass is 10.4. The third-order valence-corrected chi connectivity index (χ3v) is 2.44. The van der Waals surface area contributed by atoms with Crippen molar-refractivity contribution in [3.8, 4) is 5.75 Å². The zero-order chi connectivity index (χ0) is 10.7. The summed E-state index contributed by atoms with van der Waals surface area (Å²) in [5.74, 6) is -0.608. The summed E-state index contributed by atoms with van der Waals surface area (Å²) in [6, 6.07) is 3.31. The number of carboxylic acids is 1. The minimum Gasteiger partial charge on any atom is -0.479 e. The molecular formula is C8H7Br2NO3. The molecule has 0 bridgehead atoms. The van der Waals surface area contributed by atoms with Crippen LogP contribution in [0.15, 0.2) is 21.3 Å². The minimum absolute atomic E-state index is 0.406. The number of nitrogens with zero attached hydrogens (tertiary/aromatic N) is 1. The highest BCUT2D eigenvalue weighted by atomic mass is 79.9. The first-order valence-electron chi connectivity index (χ1n) is 3.72. The molecule has 1 unspecified atom stereocenters. The molecule has 0 saturated heterocycles. The summed E-state index contributed by atoms with van der Waals surface area (Å²) in [6.45, 7) is 1.46. The number of rotatable bonds is 3. The van der Waals surface area contributed by atoms with Gasteiger partial charge in [-0.2, -0.15) is 0 Å². The Morgan fingerprint density at radius 1 is 1.57 bits per heavy atom. The van der Waals surface area contributed by atoms with Gasteiger partial charge in [0.15, 0.2) is 11.9 Å². The van der Waals surface area contributed by atoms with Crippen LogP contribution in [0.5, 0.6) is 5.75 Å². The number of halogens is 2. The van der Waals surface area contributed by atoms with Crippen LogP contribution in [0, 0.1) is 0 Å². The molecule has 14 heavy (non-hydrogen) atoms. The van der Waals surface area contributed by atoms with Gasteiger partial charge in [0.25, 0.3) is 0 Å². The fourth-order valence-corrected chi connectivity index (χ4v) is 1.69. The van der Waals surface area contributed by atoms with Crippen molar-refractivity contribution in [2.75, 3.05) is 0 Å². The Kier molecular flexibility index (Phi) is 3.88. The molecule has 1 aromatic rings. The average molecular weight is 325 g/mol. The molecule has 1 atom stereocenters. The van der Waals surface area contributed by atoms with Crippen LogP contribution >= 0.6 is 31.9 Å². The van der Waals surface area contributed by atoms with E-state index in [2.05, 4.69) is 36.8 Å². The molecule has 1 heterocycles. The van der Waals surface area contributed by atoms with Gasteiger partial charge in [0.2, 0.25) is 0 Å². The summed E-state index contributed by atoms with van der Waals surface area (Å²) in [4.78, 5) is 14.5. The van der Waals surface area contributed by atoms with Crippen LogP contribution in [0.1, 0.15) is 6.92 Å². The van der Waals surface area contributed by atoms with E-state index in [1.54, 1.807) is 12.1 Å². The number of ether oxygens (including phenoxy) is 1. The van der Waals surface area contributed by atoms with E-state index < -0.39 is 12.1 Å². The maximum Gasteiger partial charge on any atom is 0.344 e. The molecule has 0 amide bonds. The monoisotopic (exact) mass is 323 g/mol. The second kappa shape index (κ2) is 4.75. The van der Waals surface area contributed by atoms with Gasteiger partial charge in [-0.25, -0.2) is 9.78 Å². The van der Waals surface area contributed by atoms with Crippen molar-refractivity contribution in [2.45, 2.75) is 13.0 Å². The smallest absolute Gasteiger partial charge is 0.344 e. The molecule has 0 radical (unpaired) electrons. The van der Waals surface area contributed by atoms with Crippen LogP contribution in [-0.2, 0) is 4.79 Å². The number of hydrogen-bond donors (Lipinski definition) is 1. The zero-order valence-corrected chi connectivity index (χ0v) is 10.4. The summed E-state index contributed by atoms with van der Waals surface area (Å²) in [5, 5.41) is 8.62. The maximum atomic E-state index is 10.5. The highest BCUT2D eigenvalue weighted by Crippen LogP contribution is 2.25. The second-order valence-corrected chi connectivity index (χ2v) is 4.08. The maximum absolute atomic E-state index is 10.5. The Hall–Kier alpha value is -0.620. The van der Waals surface area contributed by atoms with Crippen LogP contribution in [0.25, 0.3) is 0 Å². The van der Waals surface area contributed by atoms with Crippen molar-refractivity contribution < 1.29 is 14.6 Å². The van der Waals surface area contributed by atoms with E-state index in [0.29, 0.717) is 15.0 Å². The quantitative estimate of drug-likeness (QED) is 0.868. The van der Waals surface area contributed by atoms with Gasteiger partial charge in [0.05, 0.1) is 0 Å². The Bertz CT molecular complexity index is 356. The molecule has 1 rings (SSSR count). The Labute approximate surface area is 97.6 Å². The molecule has 76 valence electrons. The SMILES string of the molecule is CC(Oc1ccc(Br)nc1Br)C(=O)O. The molecule has 0 saturated carbocycles. The molecule has 6 heteroatoms. The van der Waals surface area contributed by atoms with Gasteiger partial charge in [0.1, 0.15) is 9.21 Å². The van der Waals surface area contributed by atoms with Gasteiger partial charge >= 0.3 is 5.97 Å². The molecule has 1 aromatic heterocycles. The molecule has 0 aromatic carbocycles.